The van der Waals surface area contributed by atoms with Crippen LogP contribution in [-0.4, -0.2) is 4.99 Å². The standard InChI is InChI=1S/C14H11ClFNOS/c1-8-2-4-11(15)13(6-8)18-12-5-3-9(16)7-10(12)14(17)19/h2-7H,1H3,(H2,17,19). The summed E-state index contributed by atoms with van der Waals surface area (Å²) >= 11 is 10.9. The molecule has 2 aromatic carbocycles. The molecule has 0 aliphatic heterocycles. The third kappa shape index (κ3) is 3.22. The zero-order valence-electron chi connectivity index (χ0n) is 10.1. The lowest BCUT2D eigenvalue weighted by atomic mass is 10.2. The third-order valence-corrected chi connectivity index (χ3v) is 3.05. The average Bonchev–Trinajstić information content (AvgIpc) is 2.35. The molecule has 0 aliphatic rings. The van der Waals surface area contributed by atoms with Gasteiger partial charge in [-0.2, -0.15) is 0 Å². The summed E-state index contributed by atoms with van der Waals surface area (Å²) < 4.78 is 18.9. The minimum absolute atomic E-state index is 0.0678. The summed E-state index contributed by atoms with van der Waals surface area (Å²) in [5.74, 6) is 0.428. The number of nitrogens with two attached hydrogens (primary N) is 1. The van der Waals surface area contributed by atoms with Gasteiger partial charge in [0.2, 0.25) is 0 Å². The van der Waals surface area contributed by atoms with Crippen LogP contribution in [0.2, 0.25) is 5.02 Å². The molecule has 98 valence electrons. The molecule has 0 saturated carbocycles. The second kappa shape index (κ2) is 5.55. The molecule has 0 atom stereocenters. The van der Waals surface area contributed by atoms with Gasteiger partial charge in [0.25, 0.3) is 0 Å². The average molecular weight is 296 g/mol. The Kier molecular flexibility index (Phi) is 4.02. The van der Waals surface area contributed by atoms with Crippen molar-refractivity contribution in [2.75, 3.05) is 0 Å². The zero-order chi connectivity index (χ0) is 14.0. The molecular formula is C14H11ClFNOS. The maximum absolute atomic E-state index is 13.2. The Morgan fingerprint density at radius 3 is 2.63 bits per heavy atom. The number of aryl methyl sites for hydroxylation is 1. The van der Waals surface area contributed by atoms with Crippen LogP contribution < -0.4 is 10.5 Å². The van der Waals surface area contributed by atoms with Crippen LogP contribution in [0.5, 0.6) is 11.5 Å². The van der Waals surface area contributed by atoms with E-state index >= 15 is 0 Å². The highest BCUT2D eigenvalue weighted by Gasteiger charge is 2.11. The molecule has 0 bridgehead atoms. The van der Waals surface area contributed by atoms with Gasteiger partial charge in [-0.15, -0.1) is 0 Å². The first-order valence-corrected chi connectivity index (χ1v) is 6.29. The van der Waals surface area contributed by atoms with Gasteiger partial charge in [-0.25, -0.2) is 4.39 Å². The first kappa shape index (κ1) is 13.8. The van der Waals surface area contributed by atoms with E-state index in [2.05, 4.69) is 0 Å². The lowest BCUT2D eigenvalue weighted by molar-refractivity contribution is 0.479. The van der Waals surface area contributed by atoms with Gasteiger partial charge < -0.3 is 10.5 Å². The number of hydrogen-bond donors (Lipinski definition) is 1. The highest BCUT2D eigenvalue weighted by molar-refractivity contribution is 7.80. The largest absolute Gasteiger partial charge is 0.455 e. The van der Waals surface area contributed by atoms with Gasteiger partial charge >= 0.3 is 0 Å². The van der Waals surface area contributed by atoms with Gasteiger partial charge in [0.05, 0.1) is 10.6 Å². The third-order valence-electron chi connectivity index (χ3n) is 2.51. The summed E-state index contributed by atoms with van der Waals surface area (Å²) in [5, 5.41) is 0.462. The minimum atomic E-state index is -0.425. The van der Waals surface area contributed by atoms with Crippen LogP contribution in [0.1, 0.15) is 11.1 Å². The van der Waals surface area contributed by atoms with Gasteiger partial charge in [-0.1, -0.05) is 29.9 Å². The van der Waals surface area contributed by atoms with E-state index < -0.39 is 5.82 Å². The quantitative estimate of drug-likeness (QED) is 0.861. The van der Waals surface area contributed by atoms with Crippen molar-refractivity contribution in [1.82, 2.24) is 0 Å². The molecule has 0 fully saturated rings. The second-order valence-electron chi connectivity index (χ2n) is 4.04. The van der Waals surface area contributed by atoms with Gasteiger partial charge in [0, 0.05) is 0 Å². The summed E-state index contributed by atoms with van der Waals surface area (Å²) in [6.45, 7) is 1.92. The van der Waals surface area contributed by atoms with Gasteiger partial charge in [-0.3, -0.25) is 0 Å². The molecule has 2 aromatic rings. The predicted octanol–water partition coefficient (Wildman–Crippen LogP) is 4.21. The number of hydrogen-bond acceptors (Lipinski definition) is 2. The van der Waals surface area contributed by atoms with Crippen molar-refractivity contribution in [3.63, 3.8) is 0 Å². The molecule has 5 heteroatoms. The van der Waals surface area contributed by atoms with E-state index in [1.807, 2.05) is 13.0 Å². The first-order chi connectivity index (χ1) is 8.97. The van der Waals surface area contributed by atoms with Crippen molar-refractivity contribution in [1.29, 1.82) is 0 Å². The molecule has 0 aliphatic carbocycles. The first-order valence-electron chi connectivity index (χ1n) is 5.51. The fourth-order valence-corrected chi connectivity index (χ4v) is 1.91. The maximum Gasteiger partial charge on any atom is 0.146 e. The highest BCUT2D eigenvalue weighted by atomic mass is 35.5. The maximum atomic E-state index is 13.2. The van der Waals surface area contributed by atoms with E-state index in [0.29, 0.717) is 22.1 Å². The molecule has 0 unspecified atom stereocenters. The van der Waals surface area contributed by atoms with Crippen LogP contribution in [-0.2, 0) is 0 Å². The van der Waals surface area contributed by atoms with Crippen molar-refractivity contribution in [2.24, 2.45) is 5.73 Å². The molecule has 0 aromatic heterocycles. The second-order valence-corrected chi connectivity index (χ2v) is 4.89. The molecule has 0 radical (unpaired) electrons. The minimum Gasteiger partial charge on any atom is -0.455 e. The van der Waals surface area contributed by atoms with Gasteiger partial charge in [0.15, 0.2) is 0 Å². The lowest BCUT2D eigenvalue weighted by Crippen LogP contribution is -2.11. The normalized spacial score (nSPS) is 10.3. The smallest absolute Gasteiger partial charge is 0.146 e. The Bertz CT molecular complexity index is 645. The number of benzene rings is 2. The summed E-state index contributed by atoms with van der Waals surface area (Å²) in [6, 6.07) is 9.38. The van der Waals surface area contributed by atoms with Crippen molar-refractivity contribution in [3.05, 3.63) is 58.4 Å². The van der Waals surface area contributed by atoms with Crippen LogP contribution in [0.4, 0.5) is 4.39 Å². The number of thiocarbonyl (C=S) groups is 1. The molecule has 0 amide bonds. The molecule has 2 rings (SSSR count). The van der Waals surface area contributed by atoms with Crippen molar-refractivity contribution in [2.45, 2.75) is 6.92 Å². The Balaban J connectivity index is 2.43. The number of rotatable bonds is 3. The van der Waals surface area contributed by atoms with Crippen molar-refractivity contribution in [3.8, 4) is 11.5 Å². The summed E-state index contributed by atoms with van der Waals surface area (Å²) in [7, 11) is 0. The predicted molar refractivity (Wildman–Crippen MR) is 78.6 cm³/mol. The summed E-state index contributed by atoms with van der Waals surface area (Å²) in [6.07, 6.45) is 0. The molecule has 0 saturated heterocycles. The molecule has 2 nitrogen and oxygen atoms in total. The highest BCUT2D eigenvalue weighted by Crippen LogP contribution is 2.32. The van der Waals surface area contributed by atoms with Gasteiger partial charge in [-0.05, 0) is 42.8 Å². The van der Waals surface area contributed by atoms with E-state index in [9.17, 15) is 4.39 Å². The molecular weight excluding hydrogens is 285 g/mol. The van der Waals surface area contributed by atoms with Crippen LogP contribution in [0.25, 0.3) is 0 Å². The topological polar surface area (TPSA) is 35.2 Å². The van der Waals surface area contributed by atoms with E-state index in [1.54, 1.807) is 12.1 Å². The molecule has 2 N–H and O–H groups in total. The Labute approximate surface area is 120 Å². The molecule has 0 heterocycles. The SMILES string of the molecule is Cc1ccc(Cl)c(Oc2ccc(F)cc2C(N)=S)c1. The summed E-state index contributed by atoms with van der Waals surface area (Å²) in [4.78, 5) is 0.0678. The van der Waals surface area contributed by atoms with Crippen LogP contribution >= 0.6 is 23.8 Å². The van der Waals surface area contributed by atoms with E-state index in [4.69, 9.17) is 34.3 Å². The molecule has 0 spiro atoms. The fourth-order valence-electron chi connectivity index (χ4n) is 1.59. The number of ether oxygens (including phenoxy) is 1. The van der Waals surface area contributed by atoms with Crippen molar-refractivity contribution < 1.29 is 9.13 Å². The van der Waals surface area contributed by atoms with Gasteiger partial charge in [0.1, 0.15) is 22.3 Å². The van der Waals surface area contributed by atoms with E-state index in [0.717, 1.165) is 5.56 Å². The number of halogens is 2. The monoisotopic (exact) mass is 295 g/mol. The Hall–Kier alpha value is -1.65. The van der Waals surface area contributed by atoms with Crippen LogP contribution in [0.15, 0.2) is 36.4 Å². The Morgan fingerprint density at radius 2 is 1.95 bits per heavy atom. The van der Waals surface area contributed by atoms with Crippen LogP contribution in [0.3, 0.4) is 0 Å². The lowest BCUT2D eigenvalue weighted by Gasteiger charge is -2.12. The van der Waals surface area contributed by atoms with Crippen LogP contribution in [0, 0.1) is 12.7 Å². The zero-order valence-corrected chi connectivity index (χ0v) is 11.7. The van der Waals surface area contributed by atoms with E-state index in [-0.39, 0.29) is 4.99 Å². The van der Waals surface area contributed by atoms with Crippen molar-refractivity contribution >= 4 is 28.8 Å². The summed E-state index contributed by atoms with van der Waals surface area (Å²) in [5.41, 5.74) is 6.90. The Morgan fingerprint density at radius 1 is 1.21 bits per heavy atom. The fraction of sp³-hybridized carbons (Fsp3) is 0.0714. The van der Waals surface area contributed by atoms with E-state index in [1.165, 1.54) is 18.2 Å². The molecule has 19 heavy (non-hydrogen) atoms.